The maximum atomic E-state index is 13.6. The van der Waals surface area contributed by atoms with Gasteiger partial charge in [0.05, 0.1) is 11.3 Å². The molecule has 0 spiro atoms. The van der Waals surface area contributed by atoms with Gasteiger partial charge in [-0.05, 0) is 35.9 Å². The summed E-state index contributed by atoms with van der Waals surface area (Å²) in [5, 5.41) is 3.32. The molecule has 0 aliphatic rings. The average molecular weight is 304 g/mol. The number of nitrogens with one attached hydrogen (secondary N) is 1. The molecule has 0 radical (unpaired) electrons. The summed E-state index contributed by atoms with van der Waals surface area (Å²) in [6, 6.07) is 9.25. The Morgan fingerprint density at radius 3 is 2.20 bits per heavy atom. The van der Waals surface area contributed by atoms with Gasteiger partial charge in [-0.15, -0.1) is 0 Å². The Morgan fingerprint density at radius 2 is 1.65 bits per heavy atom. The second kappa shape index (κ2) is 5.71. The number of benzene rings is 2. The van der Waals surface area contributed by atoms with E-state index in [0.29, 0.717) is 17.6 Å². The van der Waals surface area contributed by atoms with Crippen LogP contribution in [-0.2, 0) is 12.7 Å². The largest absolute Gasteiger partial charge is 0.416 e. The zero-order chi connectivity index (χ0) is 14.8. The van der Waals surface area contributed by atoms with Crippen LogP contribution in [0.3, 0.4) is 0 Å². The zero-order valence-electron chi connectivity index (χ0n) is 10.1. The minimum absolute atomic E-state index is 0.0212. The molecule has 20 heavy (non-hydrogen) atoms. The van der Waals surface area contributed by atoms with Gasteiger partial charge in [-0.2, -0.15) is 13.2 Å². The van der Waals surface area contributed by atoms with Crippen LogP contribution in [0.25, 0.3) is 0 Å². The van der Waals surface area contributed by atoms with Gasteiger partial charge in [0.15, 0.2) is 0 Å². The molecule has 0 unspecified atom stereocenters. The zero-order valence-corrected chi connectivity index (χ0v) is 10.9. The fourth-order valence-electron chi connectivity index (χ4n) is 1.63. The standard InChI is InChI=1S/C14H10ClF4N/c15-11-4-1-9(2-5-11)8-20-13-6-3-10(7-12(13)16)14(17,18)19/h1-7,20H,8H2. The van der Waals surface area contributed by atoms with Crippen LogP contribution in [-0.4, -0.2) is 0 Å². The molecule has 0 atom stereocenters. The van der Waals surface area contributed by atoms with Crippen molar-refractivity contribution in [2.45, 2.75) is 12.7 Å². The van der Waals surface area contributed by atoms with Crippen LogP contribution in [0.15, 0.2) is 42.5 Å². The molecule has 2 rings (SSSR count). The maximum absolute atomic E-state index is 13.6. The van der Waals surface area contributed by atoms with Crippen LogP contribution in [0.5, 0.6) is 0 Å². The summed E-state index contributed by atoms with van der Waals surface area (Å²) in [6.45, 7) is 0.291. The van der Waals surface area contributed by atoms with Gasteiger partial charge in [-0.3, -0.25) is 0 Å². The van der Waals surface area contributed by atoms with Gasteiger partial charge in [0.25, 0.3) is 0 Å². The van der Waals surface area contributed by atoms with Crippen molar-refractivity contribution in [3.8, 4) is 0 Å². The molecule has 1 nitrogen and oxygen atoms in total. The third kappa shape index (κ3) is 3.63. The van der Waals surface area contributed by atoms with E-state index in [1.165, 1.54) is 0 Å². The van der Waals surface area contributed by atoms with Crippen LogP contribution in [0, 0.1) is 5.82 Å². The van der Waals surface area contributed by atoms with E-state index in [1.54, 1.807) is 24.3 Å². The lowest BCUT2D eigenvalue weighted by molar-refractivity contribution is -0.137. The first-order valence-electron chi connectivity index (χ1n) is 5.71. The summed E-state index contributed by atoms with van der Waals surface area (Å²) in [6.07, 6.45) is -4.55. The van der Waals surface area contributed by atoms with Gasteiger partial charge in [0, 0.05) is 11.6 Å². The molecule has 0 saturated carbocycles. The molecule has 1 N–H and O–H groups in total. The fraction of sp³-hybridized carbons (Fsp3) is 0.143. The molecule has 0 aromatic heterocycles. The van der Waals surface area contributed by atoms with Crippen molar-refractivity contribution >= 4 is 17.3 Å². The predicted octanol–water partition coefficient (Wildman–Crippen LogP) is 5.11. The number of halogens is 5. The number of hydrogen-bond acceptors (Lipinski definition) is 1. The first-order chi connectivity index (χ1) is 9.36. The monoisotopic (exact) mass is 303 g/mol. The Hall–Kier alpha value is -1.75. The number of hydrogen-bond donors (Lipinski definition) is 1. The minimum atomic E-state index is -4.55. The Balaban J connectivity index is 2.08. The summed E-state index contributed by atoms with van der Waals surface area (Å²) >= 11 is 5.73. The summed E-state index contributed by atoms with van der Waals surface area (Å²) < 4.78 is 50.7. The Labute approximate surface area is 118 Å². The van der Waals surface area contributed by atoms with Crippen molar-refractivity contribution in [1.29, 1.82) is 0 Å². The second-order valence-electron chi connectivity index (χ2n) is 4.17. The Morgan fingerprint density at radius 1 is 1.00 bits per heavy atom. The molecule has 2 aromatic rings. The van der Waals surface area contributed by atoms with Crippen LogP contribution in [0.1, 0.15) is 11.1 Å². The lowest BCUT2D eigenvalue weighted by Crippen LogP contribution is -2.07. The van der Waals surface area contributed by atoms with Crippen LogP contribution < -0.4 is 5.32 Å². The third-order valence-electron chi connectivity index (χ3n) is 2.69. The van der Waals surface area contributed by atoms with Gasteiger partial charge in [-0.1, -0.05) is 23.7 Å². The maximum Gasteiger partial charge on any atom is 0.416 e. The SMILES string of the molecule is Fc1cc(C(F)(F)F)ccc1NCc1ccc(Cl)cc1. The van der Waals surface area contributed by atoms with Crippen molar-refractivity contribution in [3.63, 3.8) is 0 Å². The highest BCUT2D eigenvalue weighted by Gasteiger charge is 2.31. The highest BCUT2D eigenvalue weighted by molar-refractivity contribution is 6.30. The number of rotatable bonds is 3. The Bertz CT molecular complexity index is 593. The quantitative estimate of drug-likeness (QED) is 0.777. The van der Waals surface area contributed by atoms with Crippen molar-refractivity contribution < 1.29 is 17.6 Å². The topological polar surface area (TPSA) is 12.0 Å². The molecule has 0 heterocycles. The van der Waals surface area contributed by atoms with Crippen molar-refractivity contribution in [2.75, 3.05) is 5.32 Å². The first-order valence-corrected chi connectivity index (χ1v) is 6.09. The number of anilines is 1. The molecule has 106 valence electrons. The molecule has 0 aliphatic carbocycles. The van der Waals surface area contributed by atoms with E-state index in [0.717, 1.165) is 17.7 Å². The van der Waals surface area contributed by atoms with E-state index < -0.39 is 17.6 Å². The third-order valence-corrected chi connectivity index (χ3v) is 2.94. The van der Waals surface area contributed by atoms with Crippen molar-refractivity contribution in [2.24, 2.45) is 0 Å². The lowest BCUT2D eigenvalue weighted by atomic mass is 10.1. The van der Waals surface area contributed by atoms with Crippen LogP contribution in [0.2, 0.25) is 5.02 Å². The molecule has 0 bridgehead atoms. The fourth-order valence-corrected chi connectivity index (χ4v) is 1.76. The molecular formula is C14H10ClF4N. The molecule has 0 fully saturated rings. The van der Waals surface area contributed by atoms with E-state index in [2.05, 4.69) is 5.32 Å². The summed E-state index contributed by atoms with van der Waals surface area (Å²) in [5.41, 5.74) is -0.145. The highest BCUT2D eigenvalue weighted by Crippen LogP contribution is 2.31. The molecule has 2 aromatic carbocycles. The van der Waals surface area contributed by atoms with Gasteiger partial charge >= 0.3 is 6.18 Å². The average Bonchev–Trinajstić information content (AvgIpc) is 2.38. The predicted molar refractivity (Wildman–Crippen MR) is 70.2 cm³/mol. The van der Waals surface area contributed by atoms with Crippen molar-refractivity contribution in [1.82, 2.24) is 0 Å². The first kappa shape index (κ1) is 14.7. The van der Waals surface area contributed by atoms with Crippen LogP contribution >= 0.6 is 11.6 Å². The van der Waals surface area contributed by atoms with E-state index in [-0.39, 0.29) is 5.69 Å². The summed E-state index contributed by atoms with van der Waals surface area (Å²) in [4.78, 5) is 0. The normalized spacial score (nSPS) is 11.4. The van der Waals surface area contributed by atoms with Gasteiger partial charge in [0.2, 0.25) is 0 Å². The second-order valence-corrected chi connectivity index (χ2v) is 4.61. The van der Waals surface area contributed by atoms with E-state index >= 15 is 0 Å². The lowest BCUT2D eigenvalue weighted by Gasteiger charge is -2.11. The summed E-state index contributed by atoms with van der Waals surface area (Å²) in [7, 11) is 0. The van der Waals surface area contributed by atoms with Gasteiger partial charge < -0.3 is 5.32 Å². The van der Waals surface area contributed by atoms with Crippen molar-refractivity contribution in [3.05, 3.63) is 64.4 Å². The molecule has 0 amide bonds. The number of alkyl halides is 3. The highest BCUT2D eigenvalue weighted by atomic mass is 35.5. The van der Waals surface area contributed by atoms with Gasteiger partial charge in [-0.25, -0.2) is 4.39 Å². The van der Waals surface area contributed by atoms with E-state index in [9.17, 15) is 17.6 Å². The Kier molecular flexibility index (Phi) is 4.18. The molecule has 0 aliphatic heterocycles. The summed E-state index contributed by atoms with van der Waals surface area (Å²) in [5.74, 6) is -0.936. The van der Waals surface area contributed by atoms with E-state index in [1.807, 2.05) is 0 Å². The van der Waals surface area contributed by atoms with Crippen LogP contribution in [0.4, 0.5) is 23.2 Å². The molecule has 0 saturated heterocycles. The van der Waals surface area contributed by atoms with E-state index in [4.69, 9.17) is 11.6 Å². The molecular weight excluding hydrogens is 294 g/mol. The minimum Gasteiger partial charge on any atom is -0.379 e. The van der Waals surface area contributed by atoms with Gasteiger partial charge in [0.1, 0.15) is 5.82 Å². The molecule has 6 heteroatoms. The smallest absolute Gasteiger partial charge is 0.379 e.